The van der Waals surface area contributed by atoms with Gasteiger partial charge in [0, 0.05) is 5.56 Å². The summed E-state index contributed by atoms with van der Waals surface area (Å²) in [5.74, 6) is 0.718. The maximum absolute atomic E-state index is 9.59. The fraction of sp³-hybridized carbons (Fsp3) is 0.0833. The maximum Gasteiger partial charge on any atom is 0.318 e. The molecule has 0 fully saturated rings. The van der Waals surface area contributed by atoms with Crippen molar-refractivity contribution in [2.75, 3.05) is 7.11 Å². The number of fused-ring (bicyclic) bond motifs is 1. The first kappa shape index (κ1) is 11.9. The Kier molecular flexibility index (Phi) is 2.83. The van der Waals surface area contributed by atoms with E-state index >= 15 is 0 Å². The van der Waals surface area contributed by atoms with Gasteiger partial charge in [0.1, 0.15) is 12.1 Å². The largest absolute Gasteiger partial charge is 0.496 e. The number of rotatable bonds is 2. The van der Waals surface area contributed by atoms with Gasteiger partial charge in [-0.05, 0) is 33.6 Å². The summed E-state index contributed by atoms with van der Waals surface area (Å²) in [7, 11) is 1.61. The fourth-order valence-corrected chi connectivity index (χ4v) is 2.24. The average molecular weight is 321 g/mol. The van der Waals surface area contributed by atoms with Crippen molar-refractivity contribution in [2.45, 2.75) is 0 Å². The zero-order valence-corrected chi connectivity index (χ0v) is 11.5. The van der Waals surface area contributed by atoms with Crippen LogP contribution in [0.15, 0.2) is 35.2 Å². The van der Waals surface area contributed by atoms with E-state index in [0.717, 1.165) is 21.3 Å². The summed E-state index contributed by atoms with van der Waals surface area (Å²) < 4.78 is 7.41. The van der Waals surface area contributed by atoms with E-state index < -0.39 is 0 Å². The third-order valence-corrected chi connectivity index (χ3v) is 3.40. The van der Waals surface area contributed by atoms with Gasteiger partial charge in [0.25, 0.3) is 0 Å². The molecule has 3 aromatic rings. The van der Waals surface area contributed by atoms with E-state index in [9.17, 15) is 5.11 Å². The van der Waals surface area contributed by atoms with Crippen molar-refractivity contribution in [3.8, 4) is 22.9 Å². The molecular weight excluding hydrogens is 312 g/mol. The second-order valence-electron chi connectivity index (χ2n) is 3.82. The number of hydrogen-bond donors (Lipinski definition) is 1. The van der Waals surface area contributed by atoms with E-state index in [1.807, 2.05) is 18.2 Å². The van der Waals surface area contributed by atoms with Crippen LogP contribution in [0.1, 0.15) is 0 Å². The van der Waals surface area contributed by atoms with Crippen LogP contribution in [-0.4, -0.2) is 31.8 Å². The van der Waals surface area contributed by atoms with Crippen LogP contribution in [0, 0.1) is 0 Å². The monoisotopic (exact) mass is 320 g/mol. The van der Waals surface area contributed by atoms with Crippen molar-refractivity contribution in [3.63, 3.8) is 0 Å². The molecular formula is C12H9BrN4O2. The lowest BCUT2D eigenvalue weighted by atomic mass is 10.1. The Balaban J connectivity index is 2.22. The normalized spacial score (nSPS) is 10.8. The van der Waals surface area contributed by atoms with Crippen LogP contribution < -0.4 is 4.74 Å². The molecule has 0 aliphatic rings. The van der Waals surface area contributed by atoms with Crippen LogP contribution >= 0.6 is 15.9 Å². The van der Waals surface area contributed by atoms with Crippen molar-refractivity contribution in [2.24, 2.45) is 0 Å². The second-order valence-corrected chi connectivity index (χ2v) is 4.67. The van der Waals surface area contributed by atoms with Gasteiger partial charge in [0.15, 0.2) is 5.65 Å². The third-order valence-electron chi connectivity index (χ3n) is 2.75. The molecule has 7 heteroatoms. The lowest BCUT2D eigenvalue weighted by molar-refractivity contribution is 0.411. The Hall–Kier alpha value is -2.15. The van der Waals surface area contributed by atoms with Crippen molar-refractivity contribution in [3.05, 3.63) is 35.2 Å². The molecule has 0 saturated carbocycles. The minimum Gasteiger partial charge on any atom is -0.496 e. The van der Waals surface area contributed by atoms with Gasteiger partial charge >= 0.3 is 6.01 Å². The van der Waals surface area contributed by atoms with Gasteiger partial charge in [-0.1, -0.05) is 6.07 Å². The summed E-state index contributed by atoms with van der Waals surface area (Å²) in [4.78, 5) is 7.81. The summed E-state index contributed by atoms with van der Waals surface area (Å²) in [6.45, 7) is 0. The molecule has 0 spiro atoms. The minimum absolute atomic E-state index is 0.194. The van der Waals surface area contributed by atoms with E-state index in [-0.39, 0.29) is 6.01 Å². The summed E-state index contributed by atoms with van der Waals surface area (Å²) in [5, 5.41) is 13.7. The Morgan fingerprint density at radius 3 is 2.95 bits per heavy atom. The molecule has 0 radical (unpaired) electrons. The van der Waals surface area contributed by atoms with Crippen molar-refractivity contribution in [1.82, 2.24) is 19.6 Å². The van der Waals surface area contributed by atoms with E-state index in [1.54, 1.807) is 13.3 Å². The quantitative estimate of drug-likeness (QED) is 0.784. The van der Waals surface area contributed by atoms with E-state index in [0.29, 0.717) is 5.65 Å². The smallest absolute Gasteiger partial charge is 0.318 e. The number of methoxy groups -OCH3 is 1. The van der Waals surface area contributed by atoms with E-state index in [1.165, 1.54) is 10.8 Å². The molecule has 0 saturated heterocycles. The highest BCUT2D eigenvalue weighted by Gasteiger charge is 2.12. The van der Waals surface area contributed by atoms with Crippen LogP contribution in [0.3, 0.4) is 0 Å². The molecule has 19 heavy (non-hydrogen) atoms. The fourth-order valence-electron chi connectivity index (χ4n) is 1.83. The van der Waals surface area contributed by atoms with Gasteiger partial charge in [-0.15, -0.1) is 0 Å². The number of nitrogens with zero attached hydrogens (tertiary/aromatic N) is 4. The van der Waals surface area contributed by atoms with Gasteiger partial charge in [-0.3, -0.25) is 0 Å². The molecule has 1 aromatic carbocycles. The van der Waals surface area contributed by atoms with Crippen LogP contribution in [0.5, 0.6) is 11.8 Å². The number of benzene rings is 1. The lowest BCUT2D eigenvalue weighted by Crippen LogP contribution is -1.93. The van der Waals surface area contributed by atoms with Crippen molar-refractivity contribution >= 4 is 21.6 Å². The molecule has 0 aliphatic carbocycles. The summed E-state index contributed by atoms with van der Waals surface area (Å²) >= 11 is 3.40. The van der Waals surface area contributed by atoms with Crippen molar-refractivity contribution in [1.29, 1.82) is 0 Å². The summed E-state index contributed by atoms with van der Waals surface area (Å²) in [5.41, 5.74) is 2.23. The molecule has 1 N–H and O–H groups in total. The first-order valence-electron chi connectivity index (χ1n) is 5.42. The highest BCUT2D eigenvalue weighted by molar-refractivity contribution is 9.10. The number of hydrogen-bond acceptors (Lipinski definition) is 5. The molecule has 3 rings (SSSR count). The SMILES string of the molecule is COc1cc(-c2cnn3c(O)ncnc23)ccc1Br. The highest BCUT2D eigenvalue weighted by Crippen LogP contribution is 2.32. The topological polar surface area (TPSA) is 72.5 Å². The van der Waals surface area contributed by atoms with Crippen molar-refractivity contribution < 1.29 is 9.84 Å². The van der Waals surface area contributed by atoms with Crippen LogP contribution in [0.2, 0.25) is 0 Å². The molecule has 0 atom stereocenters. The lowest BCUT2D eigenvalue weighted by Gasteiger charge is -2.05. The van der Waals surface area contributed by atoms with Gasteiger partial charge in [0.2, 0.25) is 0 Å². The van der Waals surface area contributed by atoms with Gasteiger partial charge < -0.3 is 9.84 Å². The number of ether oxygens (including phenoxy) is 1. The maximum atomic E-state index is 9.59. The first-order chi connectivity index (χ1) is 9.20. The van der Waals surface area contributed by atoms with Crippen LogP contribution in [0.4, 0.5) is 0 Å². The van der Waals surface area contributed by atoms with Gasteiger partial charge in [-0.2, -0.15) is 14.6 Å². The van der Waals surface area contributed by atoms with Gasteiger partial charge in [-0.25, -0.2) is 4.98 Å². The second kappa shape index (κ2) is 4.51. The van der Waals surface area contributed by atoms with Gasteiger partial charge in [0.05, 0.1) is 17.8 Å². The predicted octanol–water partition coefficient (Wildman–Crippen LogP) is 2.27. The number of halogens is 1. The first-order valence-corrected chi connectivity index (χ1v) is 6.21. The Morgan fingerprint density at radius 1 is 1.32 bits per heavy atom. The molecule has 0 bridgehead atoms. The Bertz CT molecular complexity index is 757. The average Bonchev–Trinajstić information content (AvgIpc) is 2.85. The minimum atomic E-state index is -0.194. The predicted molar refractivity (Wildman–Crippen MR) is 72.1 cm³/mol. The molecule has 0 unspecified atom stereocenters. The molecule has 96 valence electrons. The standard InChI is InChI=1S/C12H9BrN4O2/c1-19-10-4-7(2-3-9(10)13)8-5-16-17-11(8)14-6-15-12(17)18/h2-6H,1H3,(H,14,15,18). The van der Waals surface area contributed by atoms with Crippen LogP contribution in [-0.2, 0) is 0 Å². The zero-order chi connectivity index (χ0) is 13.4. The zero-order valence-electron chi connectivity index (χ0n) is 9.91. The summed E-state index contributed by atoms with van der Waals surface area (Å²) in [6.07, 6.45) is 2.93. The van der Waals surface area contributed by atoms with E-state index in [2.05, 4.69) is 31.0 Å². The Morgan fingerprint density at radius 2 is 2.16 bits per heavy atom. The number of aromatic nitrogens is 4. The number of aromatic hydroxyl groups is 1. The molecule has 0 aliphatic heterocycles. The Labute approximate surface area is 116 Å². The van der Waals surface area contributed by atoms with Crippen LogP contribution in [0.25, 0.3) is 16.8 Å². The summed E-state index contributed by atoms with van der Waals surface area (Å²) in [6, 6.07) is 5.49. The molecule has 2 aromatic heterocycles. The molecule has 2 heterocycles. The van der Waals surface area contributed by atoms with E-state index in [4.69, 9.17) is 4.74 Å². The highest BCUT2D eigenvalue weighted by atomic mass is 79.9. The third kappa shape index (κ3) is 1.91. The molecule has 6 nitrogen and oxygen atoms in total. The molecule has 0 amide bonds.